The third-order valence-corrected chi connectivity index (χ3v) is 5.42. The maximum Gasteiger partial charge on any atom is 0.573 e. The third kappa shape index (κ3) is 7.28. The second-order valence-electron chi connectivity index (χ2n) is 5.99. The summed E-state index contributed by atoms with van der Waals surface area (Å²) in [7, 11) is -11.3. The van der Waals surface area contributed by atoms with Crippen molar-refractivity contribution >= 4 is 32.2 Å². The first-order valence-electron chi connectivity index (χ1n) is 8.19. The van der Waals surface area contributed by atoms with E-state index in [1.807, 2.05) is 0 Å². The summed E-state index contributed by atoms with van der Waals surface area (Å²) < 4.78 is 151. The predicted octanol–water partition coefficient (Wildman–Crippen LogP) is 2.97. The number of ether oxygens (including phenoxy) is 3. The van der Waals surface area contributed by atoms with Gasteiger partial charge in [0.15, 0.2) is 21.3 Å². The average molecular weight is 554 g/mol. The highest BCUT2D eigenvalue weighted by molar-refractivity contribution is 7.86. The van der Waals surface area contributed by atoms with Gasteiger partial charge in [-0.3, -0.25) is 9.11 Å². The average Bonchev–Trinajstić information content (AvgIpc) is 2.63. The first kappa shape index (κ1) is 27.8. The molecule has 0 aromatic heterocycles. The Hall–Kier alpha value is -3.42. The highest BCUT2D eigenvalue weighted by Crippen LogP contribution is 2.34. The minimum atomic E-state index is -5.66. The SMILES string of the molecule is O=C(OC(=O)c1cccc(OC(F)(F)F)c1S(=O)(=O)O)c1cccc(OC(F)(F)F)c1S(=O)(=O)O. The molecule has 0 spiro atoms. The largest absolute Gasteiger partial charge is 0.573 e. The van der Waals surface area contributed by atoms with E-state index in [4.69, 9.17) is 0 Å². The van der Waals surface area contributed by atoms with Crippen molar-refractivity contribution in [3.05, 3.63) is 47.5 Å². The van der Waals surface area contributed by atoms with Gasteiger partial charge in [-0.2, -0.15) is 16.8 Å². The lowest BCUT2D eigenvalue weighted by molar-refractivity contribution is -0.276. The van der Waals surface area contributed by atoms with E-state index in [2.05, 4.69) is 14.2 Å². The summed E-state index contributed by atoms with van der Waals surface area (Å²) in [5.41, 5.74) is -2.84. The molecule has 19 heteroatoms. The smallest absolute Gasteiger partial charge is 0.404 e. The summed E-state index contributed by atoms with van der Waals surface area (Å²) in [5.74, 6) is -7.47. The summed E-state index contributed by atoms with van der Waals surface area (Å²) in [6.07, 6.45) is -11.0. The number of esters is 2. The van der Waals surface area contributed by atoms with E-state index in [0.29, 0.717) is 36.4 Å². The van der Waals surface area contributed by atoms with E-state index in [0.717, 1.165) is 0 Å². The van der Waals surface area contributed by atoms with Crippen molar-refractivity contribution in [1.29, 1.82) is 0 Å². The molecule has 11 nitrogen and oxygen atoms in total. The predicted molar refractivity (Wildman–Crippen MR) is 95.6 cm³/mol. The number of hydrogen-bond donors (Lipinski definition) is 2. The number of rotatable bonds is 6. The summed E-state index contributed by atoms with van der Waals surface area (Å²) in [6.45, 7) is 0. The topological polar surface area (TPSA) is 171 Å². The summed E-state index contributed by atoms with van der Waals surface area (Å²) >= 11 is 0. The Bertz CT molecular complexity index is 1270. The van der Waals surface area contributed by atoms with Gasteiger partial charge in [0, 0.05) is 0 Å². The molecule has 0 heterocycles. The zero-order chi connectivity index (χ0) is 27.0. The molecule has 0 saturated carbocycles. The van der Waals surface area contributed by atoms with Crippen molar-refractivity contribution in [3.8, 4) is 11.5 Å². The van der Waals surface area contributed by atoms with Crippen LogP contribution < -0.4 is 9.47 Å². The van der Waals surface area contributed by atoms with Crippen LogP contribution in [0.1, 0.15) is 20.7 Å². The van der Waals surface area contributed by atoms with Crippen LogP contribution in [0.4, 0.5) is 26.3 Å². The fraction of sp³-hybridized carbons (Fsp3) is 0.125. The standard InChI is InChI=1S/C16H8F6O11S2/c17-15(18,19)32-9-5-1-3-7(11(9)34(25,26)27)13(23)31-14(24)8-4-2-6-10(33-16(20,21)22)12(8)35(28,29)30/h1-6H,(H,25,26,27)(H,28,29,30). The van der Waals surface area contributed by atoms with Crippen LogP contribution >= 0.6 is 0 Å². The first-order valence-corrected chi connectivity index (χ1v) is 11.1. The number of carbonyl (C=O) groups excluding carboxylic acids is 2. The quantitative estimate of drug-likeness (QED) is 0.233. The molecule has 0 aliphatic carbocycles. The van der Waals surface area contributed by atoms with Crippen LogP contribution in [0.2, 0.25) is 0 Å². The Labute approximate surface area is 190 Å². The molecule has 0 atom stereocenters. The van der Waals surface area contributed by atoms with Gasteiger partial charge in [0.2, 0.25) is 0 Å². The normalized spacial score (nSPS) is 12.7. The molecule has 0 aliphatic rings. The molecule has 0 bridgehead atoms. The first-order chi connectivity index (χ1) is 15.7. The number of carbonyl (C=O) groups is 2. The Kier molecular flexibility index (Phi) is 7.41. The van der Waals surface area contributed by atoms with Gasteiger partial charge in [-0.15, -0.1) is 26.3 Å². The van der Waals surface area contributed by atoms with Crippen LogP contribution in [-0.2, 0) is 25.0 Å². The Morgan fingerprint density at radius 1 is 0.657 bits per heavy atom. The van der Waals surface area contributed by atoms with E-state index in [1.54, 1.807) is 0 Å². The lowest BCUT2D eigenvalue weighted by Crippen LogP contribution is -2.23. The van der Waals surface area contributed by atoms with Gasteiger partial charge in [-0.05, 0) is 24.3 Å². The molecular formula is C16H8F6O11S2. The highest BCUT2D eigenvalue weighted by Gasteiger charge is 2.38. The fourth-order valence-corrected chi connectivity index (χ4v) is 4.08. The van der Waals surface area contributed by atoms with Gasteiger partial charge in [-0.1, -0.05) is 12.1 Å². The highest BCUT2D eigenvalue weighted by atomic mass is 32.2. The molecule has 192 valence electrons. The summed E-state index contributed by atoms with van der Waals surface area (Å²) in [6, 6.07) is 2.85. The lowest BCUT2D eigenvalue weighted by atomic mass is 10.2. The molecule has 2 aromatic carbocycles. The minimum absolute atomic E-state index is 0.365. The van der Waals surface area contributed by atoms with E-state index in [1.165, 1.54) is 0 Å². The maximum atomic E-state index is 12.5. The molecular weight excluding hydrogens is 546 g/mol. The van der Waals surface area contributed by atoms with Crippen LogP contribution in [-0.4, -0.2) is 50.6 Å². The molecule has 2 N–H and O–H groups in total. The van der Waals surface area contributed by atoms with Crippen molar-refractivity contribution in [2.24, 2.45) is 0 Å². The van der Waals surface area contributed by atoms with Gasteiger partial charge in [0.1, 0.15) is 0 Å². The van der Waals surface area contributed by atoms with Crippen molar-refractivity contribution in [1.82, 2.24) is 0 Å². The van der Waals surface area contributed by atoms with Crippen LogP contribution in [0.25, 0.3) is 0 Å². The van der Waals surface area contributed by atoms with Crippen molar-refractivity contribution in [2.45, 2.75) is 22.5 Å². The third-order valence-electron chi connectivity index (χ3n) is 3.55. The van der Waals surface area contributed by atoms with Gasteiger partial charge in [0.25, 0.3) is 20.2 Å². The minimum Gasteiger partial charge on any atom is -0.404 e. The molecule has 2 aromatic rings. The summed E-state index contributed by atoms with van der Waals surface area (Å²) in [4.78, 5) is 21.0. The summed E-state index contributed by atoms with van der Waals surface area (Å²) in [5, 5.41) is 0. The maximum absolute atomic E-state index is 12.5. The number of benzene rings is 2. The Morgan fingerprint density at radius 3 is 1.23 bits per heavy atom. The zero-order valence-corrected chi connectivity index (χ0v) is 17.8. The van der Waals surface area contributed by atoms with Crippen LogP contribution in [0.5, 0.6) is 11.5 Å². The van der Waals surface area contributed by atoms with Crippen molar-refractivity contribution < 1.29 is 76.1 Å². The Morgan fingerprint density at radius 2 is 0.971 bits per heavy atom. The molecule has 0 saturated heterocycles. The van der Waals surface area contributed by atoms with E-state index in [-0.39, 0.29) is 0 Å². The van der Waals surface area contributed by atoms with Crippen LogP contribution in [0.15, 0.2) is 46.2 Å². The second kappa shape index (κ2) is 9.32. The van der Waals surface area contributed by atoms with E-state index < -0.39 is 77.3 Å². The molecule has 0 unspecified atom stereocenters. The molecule has 0 amide bonds. The lowest BCUT2D eigenvalue weighted by Gasteiger charge is -2.15. The van der Waals surface area contributed by atoms with Gasteiger partial charge >= 0.3 is 24.7 Å². The van der Waals surface area contributed by atoms with Gasteiger partial charge < -0.3 is 14.2 Å². The number of hydrogen-bond acceptors (Lipinski definition) is 9. The van der Waals surface area contributed by atoms with Gasteiger partial charge in [0.05, 0.1) is 11.1 Å². The van der Waals surface area contributed by atoms with Crippen molar-refractivity contribution in [3.63, 3.8) is 0 Å². The molecule has 35 heavy (non-hydrogen) atoms. The van der Waals surface area contributed by atoms with Crippen LogP contribution in [0, 0.1) is 0 Å². The molecule has 0 fully saturated rings. The van der Waals surface area contributed by atoms with Crippen LogP contribution in [0.3, 0.4) is 0 Å². The Balaban J connectivity index is 2.58. The zero-order valence-electron chi connectivity index (χ0n) is 16.1. The van der Waals surface area contributed by atoms with E-state index >= 15 is 0 Å². The second-order valence-corrected chi connectivity index (χ2v) is 8.71. The molecule has 2 rings (SSSR count). The van der Waals surface area contributed by atoms with E-state index in [9.17, 15) is 61.9 Å². The number of alkyl halides is 6. The fourth-order valence-electron chi connectivity index (χ4n) is 2.49. The van der Waals surface area contributed by atoms with Crippen molar-refractivity contribution in [2.75, 3.05) is 0 Å². The molecule has 0 radical (unpaired) electrons. The number of halogens is 6. The monoisotopic (exact) mass is 554 g/mol. The van der Waals surface area contributed by atoms with Gasteiger partial charge in [-0.25, -0.2) is 9.59 Å². The molecule has 0 aliphatic heterocycles.